The molecule has 38 heavy (non-hydrogen) atoms. The molecule has 3 N–H and O–H groups in total. The number of amides is 2. The summed E-state index contributed by atoms with van der Waals surface area (Å²) in [7, 11) is 1.62. The normalized spacial score (nSPS) is 14.4. The molecular formula is C29H33N5O3S. The van der Waals surface area contributed by atoms with Gasteiger partial charge in [-0.25, -0.2) is 0 Å². The number of anilines is 1. The minimum atomic E-state index is -0.612. The first-order valence-corrected chi connectivity index (χ1v) is 13.7. The molecule has 5 rings (SSSR count). The molecular weight excluding hydrogens is 498 g/mol. The summed E-state index contributed by atoms with van der Waals surface area (Å²) < 4.78 is 5.32. The number of aromatic nitrogens is 2. The maximum atomic E-state index is 13.1. The zero-order chi connectivity index (χ0) is 26.7. The number of H-pyrrole nitrogens is 1. The molecule has 0 bridgehead atoms. The largest absolute Gasteiger partial charge is 0.497 e. The number of piperidine rings is 1. The average Bonchev–Trinajstić information content (AvgIpc) is 3.51. The van der Waals surface area contributed by atoms with E-state index in [9.17, 15) is 9.59 Å². The van der Waals surface area contributed by atoms with Crippen LogP contribution in [0.3, 0.4) is 0 Å². The molecule has 0 aliphatic carbocycles. The van der Waals surface area contributed by atoms with E-state index in [2.05, 4.69) is 25.7 Å². The van der Waals surface area contributed by atoms with Gasteiger partial charge < -0.3 is 15.4 Å². The molecule has 1 fully saturated rings. The van der Waals surface area contributed by atoms with Gasteiger partial charge in [0, 0.05) is 12.1 Å². The van der Waals surface area contributed by atoms with Crippen LogP contribution in [0.1, 0.15) is 64.3 Å². The molecule has 0 saturated carbocycles. The van der Waals surface area contributed by atoms with E-state index in [0.29, 0.717) is 21.6 Å². The Morgan fingerprint density at radius 2 is 1.82 bits per heavy atom. The van der Waals surface area contributed by atoms with Gasteiger partial charge in [0.25, 0.3) is 11.8 Å². The van der Waals surface area contributed by atoms with Crippen molar-refractivity contribution in [3.8, 4) is 5.75 Å². The van der Waals surface area contributed by atoms with Gasteiger partial charge in [-0.15, -0.1) is 11.3 Å². The number of ether oxygens (including phenoxy) is 1. The third-order valence-electron chi connectivity index (χ3n) is 7.00. The van der Waals surface area contributed by atoms with E-state index in [-0.39, 0.29) is 11.8 Å². The molecule has 0 unspecified atom stereocenters. The van der Waals surface area contributed by atoms with E-state index in [0.717, 1.165) is 35.8 Å². The summed E-state index contributed by atoms with van der Waals surface area (Å²) in [5.74, 6) is 0.704. The van der Waals surface area contributed by atoms with E-state index in [1.54, 1.807) is 13.2 Å². The van der Waals surface area contributed by atoms with Crippen LogP contribution in [0.15, 0.2) is 54.6 Å². The van der Waals surface area contributed by atoms with Crippen molar-refractivity contribution in [1.29, 1.82) is 0 Å². The number of thiophene rings is 1. The van der Waals surface area contributed by atoms with Crippen LogP contribution in [0.25, 0.3) is 10.2 Å². The predicted molar refractivity (Wildman–Crippen MR) is 151 cm³/mol. The van der Waals surface area contributed by atoms with E-state index in [1.807, 2.05) is 62.4 Å². The third kappa shape index (κ3) is 5.74. The van der Waals surface area contributed by atoms with Gasteiger partial charge in [0.15, 0.2) is 5.82 Å². The van der Waals surface area contributed by atoms with Crippen molar-refractivity contribution in [1.82, 2.24) is 20.4 Å². The summed E-state index contributed by atoms with van der Waals surface area (Å²) in [6, 6.07) is 17.1. The van der Waals surface area contributed by atoms with E-state index >= 15 is 0 Å². The fraction of sp³-hybridized carbons (Fsp3) is 0.345. The number of benzene rings is 2. The van der Waals surface area contributed by atoms with Crippen molar-refractivity contribution >= 4 is 39.2 Å². The molecule has 9 heteroatoms. The van der Waals surface area contributed by atoms with Gasteiger partial charge in [0.05, 0.1) is 22.9 Å². The van der Waals surface area contributed by atoms with Gasteiger partial charge in [-0.3, -0.25) is 19.6 Å². The van der Waals surface area contributed by atoms with Crippen molar-refractivity contribution in [3.63, 3.8) is 0 Å². The zero-order valence-electron chi connectivity index (χ0n) is 22.0. The minimum Gasteiger partial charge on any atom is -0.497 e. The van der Waals surface area contributed by atoms with Crippen molar-refractivity contribution < 1.29 is 14.3 Å². The molecule has 1 aliphatic heterocycles. The number of rotatable bonds is 8. The average molecular weight is 532 g/mol. The summed E-state index contributed by atoms with van der Waals surface area (Å²) in [6.07, 6.45) is 3.82. The monoisotopic (exact) mass is 531 g/mol. The molecule has 1 saturated heterocycles. The Bertz CT molecular complexity index is 1430. The summed E-state index contributed by atoms with van der Waals surface area (Å²) in [5, 5.41) is 13.9. The number of carbonyl (C=O) groups is 2. The second kappa shape index (κ2) is 11.0. The predicted octanol–water partition coefficient (Wildman–Crippen LogP) is 5.54. The Labute approximate surface area is 226 Å². The number of aromatic amines is 1. The Balaban J connectivity index is 1.25. The number of methoxy groups -OCH3 is 1. The highest BCUT2D eigenvalue weighted by Gasteiger charge is 2.26. The molecule has 0 atom stereocenters. The van der Waals surface area contributed by atoms with E-state index in [4.69, 9.17) is 4.74 Å². The fourth-order valence-electron chi connectivity index (χ4n) is 4.77. The number of nitrogens with one attached hydrogen (secondary N) is 3. The first kappa shape index (κ1) is 25.9. The summed E-state index contributed by atoms with van der Waals surface area (Å²) >= 11 is 1.30. The number of carbonyl (C=O) groups excluding carboxylic acids is 2. The van der Waals surface area contributed by atoms with Gasteiger partial charge in [0.1, 0.15) is 10.6 Å². The topological polar surface area (TPSA) is 99.3 Å². The highest BCUT2D eigenvalue weighted by Crippen LogP contribution is 2.31. The van der Waals surface area contributed by atoms with Gasteiger partial charge in [-0.1, -0.05) is 30.7 Å². The van der Waals surface area contributed by atoms with Crippen LogP contribution in [-0.2, 0) is 12.1 Å². The second-order valence-corrected chi connectivity index (χ2v) is 11.3. The van der Waals surface area contributed by atoms with Gasteiger partial charge in [-0.05, 0) is 81.2 Å². The molecule has 4 aromatic rings. The van der Waals surface area contributed by atoms with Crippen molar-refractivity contribution in [3.05, 3.63) is 76.2 Å². The molecule has 8 nitrogen and oxygen atoms in total. The Hall–Kier alpha value is -3.69. The number of hydrogen-bond donors (Lipinski definition) is 3. The fourth-order valence-corrected chi connectivity index (χ4v) is 5.67. The van der Waals surface area contributed by atoms with Crippen LogP contribution in [0.2, 0.25) is 0 Å². The van der Waals surface area contributed by atoms with Crippen molar-refractivity contribution in [2.45, 2.75) is 45.2 Å². The Kier molecular flexibility index (Phi) is 7.49. The molecule has 2 aromatic heterocycles. The third-order valence-corrected chi connectivity index (χ3v) is 8.04. The number of fused-ring (bicyclic) bond motifs is 1. The Morgan fingerprint density at radius 1 is 1.05 bits per heavy atom. The minimum absolute atomic E-state index is 0.200. The first-order chi connectivity index (χ1) is 18.3. The molecule has 0 radical (unpaired) electrons. The maximum Gasteiger partial charge on any atom is 0.262 e. The van der Waals surface area contributed by atoms with Crippen LogP contribution in [0.5, 0.6) is 5.75 Å². The number of hydrogen-bond acceptors (Lipinski definition) is 6. The lowest BCUT2D eigenvalue weighted by Gasteiger charge is -2.27. The quantitative estimate of drug-likeness (QED) is 0.277. The maximum absolute atomic E-state index is 13.1. The van der Waals surface area contributed by atoms with Crippen LogP contribution in [0.4, 0.5) is 5.82 Å². The van der Waals surface area contributed by atoms with Gasteiger partial charge >= 0.3 is 0 Å². The molecule has 3 heterocycles. The molecule has 0 spiro atoms. The van der Waals surface area contributed by atoms with Gasteiger partial charge in [-0.2, -0.15) is 5.10 Å². The summed E-state index contributed by atoms with van der Waals surface area (Å²) in [5.41, 5.74) is 2.09. The van der Waals surface area contributed by atoms with Crippen molar-refractivity contribution in [2.24, 2.45) is 0 Å². The summed E-state index contributed by atoms with van der Waals surface area (Å²) in [4.78, 5) is 29.8. The molecule has 198 valence electrons. The van der Waals surface area contributed by atoms with E-state index < -0.39 is 5.54 Å². The van der Waals surface area contributed by atoms with Crippen LogP contribution in [0, 0.1) is 0 Å². The second-order valence-electron chi connectivity index (χ2n) is 10.2. The molecule has 1 aliphatic rings. The molecule has 2 aromatic carbocycles. The molecule has 2 amide bonds. The number of nitrogens with zero attached hydrogens (tertiary/aromatic N) is 2. The first-order valence-electron chi connectivity index (χ1n) is 12.9. The SMILES string of the molecule is COc1cccc(C(C)(C)NC(=O)c2cc3c(NC(=O)c4ccc(CN5CCCCC5)cc4)n[nH]c3s2)c1. The van der Waals surface area contributed by atoms with Crippen LogP contribution >= 0.6 is 11.3 Å². The zero-order valence-corrected chi connectivity index (χ0v) is 22.8. The number of likely N-dealkylation sites (tertiary alicyclic amines) is 1. The smallest absolute Gasteiger partial charge is 0.262 e. The lowest BCUT2D eigenvalue weighted by atomic mass is 9.94. The van der Waals surface area contributed by atoms with Crippen LogP contribution < -0.4 is 15.4 Å². The lowest BCUT2D eigenvalue weighted by molar-refractivity contribution is 0.0915. The lowest BCUT2D eigenvalue weighted by Crippen LogP contribution is -2.40. The van der Waals surface area contributed by atoms with Crippen LogP contribution in [-0.4, -0.2) is 47.1 Å². The van der Waals surface area contributed by atoms with Gasteiger partial charge in [0.2, 0.25) is 0 Å². The standard InChI is InChI=1S/C29H33N5O3S/c1-29(2,21-8-7-9-22(16-21)37-3)31-27(36)24-17-23-25(32-33-28(23)38-24)30-26(35)20-12-10-19(11-13-20)18-34-14-5-4-6-15-34/h7-13,16-17H,4-6,14-15,18H2,1-3H3,(H,31,36)(H2,30,32,33,35). The Morgan fingerprint density at radius 3 is 2.55 bits per heavy atom. The van der Waals surface area contributed by atoms with E-state index in [1.165, 1.54) is 36.2 Å². The highest BCUT2D eigenvalue weighted by molar-refractivity contribution is 7.20. The van der Waals surface area contributed by atoms with Crippen molar-refractivity contribution in [2.75, 3.05) is 25.5 Å². The summed E-state index contributed by atoms with van der Waals surface area (Å²) in [6.45, 7) is 7.08. The highest BCUT2D eigenvalue weighted by atomic mass is 32.1.